The number of nitrogens with one attached hydrogen (secondary N) is 1. The highest BCUT2D eigenvalue weighted by atomic mass is 16.1. The number of rotatable bonds is 6. The lowest BCUT2D eigenvalue weighted by Crippen LogP contribution is -2.37. The van der Waals surface area contributed by atoms with Crippen LogP contribution in [-0.4, -0.2) is 11.9 Å². The van der Waals surface area contributed by atoms with Gasteiger partial charge < -0.3 is 5.32 Å². The Morgan fingerprint density at radius 3 is 2.63 bits per heavy atom. The first-order valence-electron chi connectivity index (χ1n) is 6.99. The molecular weight excluding hydrogens is 236 g/mol. The first-order chi connectivity index (χ1) is 9.24. The fourth-order valence-electron chi connectivity index (χ4n) is 2.30. The summed E-state index contributed by atoms with van der Waals surface area (Å²) < 4.78 is 0. The summed E-state index contributed by atoms with van der Waals surface area (Å²) in [6, 6.07) is 11.6. The molecule has 1 saturated carbocycles. The van der Waals surface area contributed by atoms with Gasteiger partial charge in [0.25, 0.3) is 0 Å². The van der Waals surface area contributed by atoms with E-state index in [1.165, 1.54) is 12.8 Å². The van der Waals surface area contributed by atoms with Crippen LogP contribution in [0.3, 0.4) is 0 Å². The predicted molar refractivity (Wildman–Crippen MR) is 74.4 cm³/mol. The summed E-state index contributed by atoms with van der Waals surface area (Å²) >= 11 is 0. The van der Waals surface area contributed by atoms with Gasteiger partial charge in [-0.3, -0.25) is 4.79 Å². The van der Waals surface area contributed by atoms with E-state index in [0.29, 0.717) is 0 Å². The van der Waals surface area contributed by atoms with Gasteiger partial charge in [0.15, 0.2) is 0 Å². The lowest BCUT2D eigenvalue weighted by atomic mass is 9.98. The Morgan fingerprint density at radius 1 is 1.42 bits per heavy atom. The minimum absolute atomic E-state index is 0.166. The lowest BCUT2D eigenvalue weighted by molar-refractivity contribution is -0.122. The molecule has 0 heterocycles. The normalized spacial score (nSPS) is 17.3. The quantitative estimate of drug-likeness (QED) is 0.850. The van der Waals surface area contributed by atoms with Crippen LogP contribution in [0.5, 0.6) is 0 Å². The maximum atomic E-state index is 12.2. The van der Waals surface area contributed by atoms with Crippen molar-refractivity contribution in [3.05, 3.63) is 35.9 Å². The topological polar surface area (TPSA) is 52.9 Å². The maximum Gasteiger partial charge on any atom is 0.242 e. The van der Waals surface area contributed by atoms with Crippen molar-refractivity contribution < 1.29 is 4.79 Å². The molecule has 1 N–H and O–H groups in total. The van der Waals surface area contributed by atoms with Crippen LogP contribution in [0.15, 0.2) is 30.3 Å². The molecular formula is C16H20N2O. The van der Waals surface area contributed by atoms with Gasteiger partial charge in [-0.15, -0.1) is 0 Å². The lowest BCUT2D eigenvalue weighted by Gasteiger charge is -2.18. The molecule has 0 radical (unpaired) electrons. The zero-order valence-corrected chi connectivity index (χ0v) is 11.3. The third-order valence-electron chi connectivity index (χ3n) is 3.68. The van der Waals surface area contributed by atoms with E-state index < -0.39 is 5.92 Å². The van der Waals surface area contributed by atoms with Crippen LogP contribution in [0, 0.1) is 17.2 Å². The number of amides is 1. The van der Waals surface area contributed by atoms with Gasteiger partial charge in [0.2, 0.25) is 5.91 Å². The largest absolute Gasteiger partial charge is 0.352 e. The van der Waals surface area contributed by atoms with Crippen molar-refractivity contribution in [3.8, 4) is 6.07 Å². The fourth-order valence-corrected chi connectivity index (χ4v) is 2.30. The van der Waals surface area contributed by atoms with E-state index in [1.54, 1.807) is 0 Å². The number of hydrogen-bond acceptors (Lipinski definition) is 2. The number of benzene rings is 1. The summed E-state index contributed by atoms with van der Waals surface area (Å²) in [6.07, 6.45) is 4.55. The maximum absolute atomic E-state index is 12.2. The van der Waals surface area contributed by atoms with Crippen molar-refractivity contribution in [2.75, 3.05) is 0 Å². The van der Waals surface area contributed by atoms with Gasteiger partial charge in [-0.25, -0.2) is 0 Å². The summed E-state index contributed by atoms with van der Waals surface area (Å²) in [7, 11) is 0. The van der Waals surface area contributed by atoms with Crippen LogP contribution in [0.4, 0.5) is 0 Å². The van der Waals surface area contributed by atoms with E-state index in [1.807, 2.05) is 30.3 Å². The van der Waals surface area contributed by atoms with Crippen LogP contribution in [0.25, 0.3) is 0 Å². The number of carbonyl (C=O) groups is 1. The summed E-state index contributed by atoms with van der Waals surface area (Å²) in [5, 5.41) is 12.2. The molecule has 0 saturated heterocycles. The molecule has 0 bridgehead atoms. The Morgan fingerprint density at radius 2 is 2.11 bits per heavy atom. The molecule has 1 aliphatic carbocycles. The summed E-state index contributed by atoms with van der Waals surface area (Å²) in [5.41, 5.74) is 0.767. The van der Waals surface area contributed by atoms with E-state index in [9.17, 15) is 10.1 Å². The van der Waals surface area contributed by atoms with Crippen molar-refractivity contribution in [1.82, 2.24) is 5.32 Å². The minimum atomic E-state index is -0.700. The highest BCUT2D eigenvalue weighted by Gasteiger charge is 2.27. The molecule has 2 atom stereocenters. The van der Waals surface area contributed by atoms with Crippen LogP contribution in [-0.2, 0) is 4.79 Å². The van der Waals surface area contributed by atoms with Crippen molar-refractivity contribution in [3.63, 3.8) is 0 Å². The molecule has 1 amide bonds. The molecule has 1 aromatic carbocycles. The van der Waals surface area contributed by atoms with E-state index >= 15 is 0 Å². The SMILES string of the molecule is CCC(CC1CC1)NC(=O)C(C#N)c1ccccc1. The number of nitrogens with zero attached hydrogens (tertiary/aromatic N) is 1. The van der Waals surface area contributed by atoms with E-state index in [4.69, 9.17) is 0 Å². The van der Waals surface area contributed by atoms with E-state index in [-0.39, 0.29) is 11.9 Å². The van der Waals surface area contributed by atoms with Gasteiger partial charge in [-0.2, -0.15) is 5.26 Å². The van der Waals surface area contributed by atoms with Gasteiger partial charge in [0.05, 0.1) is 6.07 Å². The van der Waals surface area contributed by atoms with Crippen molar-refractivity contribution in [1.29, 1.82) is 5.26 Å². The Hall–Kier alpha value is -1.82. The van der Waals surface area contributed by atoms with Crippen molar-refractivity contribution >= 4 is 5.91 Å². The van der Waals surface area contributed by atoms with Gasteiger partial charge in [-0.1, -0.05) is 50.1 Å². The zero-order chi connectivity index (χ0) is 13.7. The molecule has 2 rings (SSSR count). The number of carbonyl (C=O) groups excluding carboxylic acids is 1. The van der Waals surface area contributed by atoms with Gasteiger partial charge in [-0.05, 0) is 24.3 Å². The number of hydrogen-bond donors (Lipinski definition) is 1. The first kappa shape index (κ1) is 13.6. The number of nitriles is 1. The zero-order valence-electron chi connectivity index (χ0n) is 11.3. The van der Waals surface area contributed by atoms with Crippen LogP contribution in [0.1, 0.15) is 44.1 Å². The standard InChI is InChI=1S/C16H20N2O/c1-2-14(10-12-8-9-12)18-16(19)15(11-17)13-6-4-3-5-7-13/h3-7,12,14-15H,2,8-10H2,1H3,(H,18,19). The highest BCUT2D eigenvalue weighted by Crippen LogP contribution is 2.34. The van der Waals surface area contributed by atoms with Crippen LogP contribution >= 0.6 is 0 Å². The van der Waals surface area contributed by atoms with Gasteiger partial charge in [0, 0.05) is 6.04 Å². The summed E-state index contributed by atoms with van der Waals surface area (Å²) in [5.74, 6) is -0.0850. The molecule has 19 heavy (non-hydrogen) atoms. The first-order valence-corrected chi connectivity index (χ1v) is 6.99. The third-order valence-corrected chi connectivity index (χ3v) is 3.68. The van der Waals surface area contributed by atoms with Crippen molar-refractivity contribution in [2.45, 2.75) is 44.6 Å². The van der Waals surface area contributed by atoms with Gasteiger partial charge >= 0.3 is 0 Å². The van der Waals surface area contributed by atoms with Gasteiger partial charge in [0.1, 0.15) is 5.92 Å². The Bertz CT molecular complexity index is 459. The van der Waals surface area contributed by atoms with Crippen LogP contribution in [0.2, 0.25) is 0 Å². The second-order valence-corrected chi connectivity index (χ2v) is 5.27. The second-order valence-electron chi connectivity index (χ2n) is 5.27. The minimum Gasteiger partial charge on any atom is -0.352 e. The molecule has 100 valence electrons. The molecule has 0 spiro atoms. The molecule has 2 unspecified atom stereocenters. The van der Waals surface area contributed by atoms with E-state index in [0.717, 1.165) is 24.3 Å². The average Bonchev–Trinajstić information content (AvgIpc) is 3.24. The summed E-state index contributed by atoms with van der Waals surface area (Å²) in [6.45, 7) is 2.08. The molecule has 1 aromatic rings. The molecule has 0 aromatic heterocycles. The average molecular weight is 256 g/mol. The van der Waals surface area contributed by atoms with Crippen LogP contribution < -0.4 is 5.32 Å². The molecule has 3 heteroatoms. The smallest absolute Gasteiger partial charge is 0.242 e. The predicted octanol–water partition coefficient (Wildman–Crippen LogP) is 2.99. The van der Waals surface area contributed by atoms with E-state index in [2.05, 4.69) is 18.3 Å². The molecule has 3 nitrogen and oxygen atoms in total. The summed E-state index contributed by atoms with van der Waals surface area (Å²) in [4.78, 5) is 12.2. The Labute approximate surface area is 114 Å². The third kappa shape index (κ3) is 3.82. The van der Waals surface area contributed by atoms with Crippen molar-refractivity contribution in [2.24, 2.45) is 5.92 Å². The molecule has 1 fully saturated rings. The fraction of sp³-hybridized carbons (Fsp3) is 0.500. The second kappa shape index (κ2) is 6.38. The molecule has 1 aliphatic rings. The molecule has 0 aliphatic heterocycles. The highest BCUT2D eigenvalue weighted by molar-refractivity contribution is 5.86. The Kier molecular flexibility index (Phi) is 4.57. The monoisotopic (exact) mass is 256 g/mol. The Balaban J connectivity index is 1.98.